The molecule has 0 amide bonds. The van der Waals surface area contributed by atoms with E-state index in [0.29, 0.717) is 0 Å². The van der Waals surface area contributed by atoms with Crippen molar-refractivity contribution in [3.63, 3.8) is 0 Å². The van der Waals surface area contributed by atoms with Crippen LogP contribution in [0.2, 0.25) is 0 Å². The second kappa shape index (κ2) is 8.06. The van der Waals surface area contributed by atoms with Crippen LogP contribution in [0.5, 0.6) is 0 Å². The first-order valence-corrected chi connectivity index (χ1v) is 9.33. The summed E-state index contributed by atoms with van der Waals surface area (Å²) in [6.07, 6.45) is 5.25. The molecule has 2 nitrogen and oxygen atoms in total. The first kappa shape index (κ1) is 17.3. The number of benzene rings is 2. The molecule has 0 bridgehead atoms. The van der Waals surface area contributed by atoms with Gasteiger partial charge in [-0.05, 0) is 34.4 Å². The van der Waals surface area contributed by atoms with Crippen molar-refractivity contribution in [2.24, 2.45) is 5.92 Å². The van der Waals surface area contributed by atoms with E-state index in [1.165, 1.54) is 0 Å². The van der Waals surface area contributed by atoms with Gasteiger partial charge in [-0.25, -0.2) is 0 Å². The normalized spacial score (nSPS) is 21.2. The molecule has 0 aliphatic carbocycles. The summed E-state index contributed by atoms with van der Waals surface area (Å²) in [4.78, 5) is 11.8. The SMILES string of the molecule is O=CC1C(=Cc2ccccc2Br)CNCC1=Cc1ccccc1Br. The molecule has 122 valence electrons. The van der Waals surface area contributed by atoms with Crippen molar-refractivity contribution < 1.29 is 4.79 Å². The minimum Gasteiger partial charge on any atom is -0.309 e. The van der Waals surface area contributed by atoms with Crippen LogP contribution < -0.4 is 5.32 Å². The summed E-state index contributed by atoms with van der Waals surface area (Å²) in [6, 6.07) is 16.1. The Hall–Kier alpha value is -1.49. The van der Waals surface area contributed by atoms with E-state index in [1.807, 2.05) is 48.5 Å². The van der Waals surface area contributed by atoms with Crippen molar-refractivity contribution in [2.75, 3.05) is 13.1 Å². The summed E-state index contributed by atoms with van der Waals surface area (Å²) in [7, 11) is 0. The van der Waals surface area contributed by atoms with Crippen molar-refractivity contribution in [1.29, 1.82) is 0 Å². The van der Waals surface area contributed by atoms with Crippen LogP contribution in [0.1, 0.15) is 11.1 Å². The molecule has 1 saturated heterocycles. The highest BCUT2D eigenvalue weighted by molar-refractivity contribution is 9.10. The number of hydrogen-bond donors (Lipinski definition) is 1. The maximum absolute atomic E-state index is 11.8. The highest BCUT2D eigenvalue weighted by Crippen LogP contribution is 2.29. The minimum atomic E-state index is -0.189. The Bertz CT molecular complexity index is 747. The third-order valence-corrected chi connectivity index (χ3v) is 5.53. The average Bonchev–Trinajstić information content (AvgIpc) is 2.59. The number of aldehydes is 1. The lowest BCUT2D eigenvalue weighted by Crippen LogP contribution is -2.33. The van der Waals surface area contributed by atoms with E-state index < -0.39 is 0 Å². The number of hydrogen-bond acceptors (Lipinski definition) is 2. The molecule has 0 saturated carbocycles. The quantitative estimate of drug-likeness (QED) is 0.664. The Labute approximate surface area is 158 Å². The van der Waals surface area contributed by atoms with Gasteiger partial charge < -0.3 is 10.1 Å². The summed E-state index contributed by atoms with van der Waals surface area (Å²) < 4.78 is 2.06. The van der Waals surface area contributed by atoms with Gasteiger partial charge in [-0.15, -0.1) is 0 Å². The first-order valence-electron chi connectivity index (χ1n) is 7.75. The zero-order chi connectivity index (χ0) is 16.9. The zero-order valence-corrected chi connectivity index (χ0v) is 16.2. The number of halogens is 2. The molecule has 0 unspecified atom stereocenters. The molecule has 1 heterocycles. The van der Waals surface area contributed by atoms with E-state index in [-0.39, 0.29) is 5.92 Å². The van der Waals surface area contributed by atoms with Crippen LogP contribution >= 0.6 is 31.9 Å². The van der Waals surface area contributed by atoms with Crippen molar-refractivity contribution in [3.05, 3.63) is 79.7 Å². The Balaban J connectivity index is 1.97. The molecule has 1 aliphatic heterocycles. The van der Waals surface area contributed by atoms with Crippen LogP contribution in [-0.2, 0) is 4.79 Å². The lowest BCUT2D eigenvalue weighted by molar-refractivity contribution is -0.109. The molecule has 1 N–H and O–H groups in total. The molecule has 3 rings (SSSR count). The van der Waals surface area contributed by atoms with E-state index >= 15 is 0 Å². The average molecular weight is 447 g/mol. The largest absolute Gasteiger partial charge is 0.309 e. The molecule has 4 heteroatoms. The molecule has 1 aliphatic rings. The monoisotopic (exact) mass is 445 g/mol. The van der Waals surface area contributed by atoms with Crippen molar-refractivity contribution in [1.82, 2.24) is 5.32 Å². The molecule has 0 radical (unpaired) electrons. The van der Waals surface area contributed by atoms with Crippen LogP contribution in [0.15, 0.2) is 68.6 Å². The number of piperidine rings is 1. The van der Waals surface area contributed by atoms with E-state index in [1.54, 1.807) is 0 Å². The van der Waals surface area contributed by atoms with E-state index in [4.69, 9.17) is 0 Å². The van der Waals surface area contributed by atoms with Gasteiger partial charge in [0.05, 0.1) is 5.92 Å². The predicted molar refractivity (Wildman–Crippen MR) is 107 cm³/mol. The number of carbonyl (C=O) groups is 1. The summed E-state index contributed by atoms with van der Waals surface area (Å²) >= 11 is 7.14. The number of nitrogens with one attached hydrogen (secondary N) is 1. The maximum atomic E-state index is 11.8. The molecule has 1 fully saturated rings. The fourth-order valence-corrected chi connectivity index (χ4v) is 3.65. The molecular weight excluding hydrogens is 430 g/mol. The molecular formula is C20H17Br2NO. The molecule has 0 aromatic heterocycles. The van der Waals surface area contributed by atoms with Crippen molar-refractivity contribution in [3.8, 4) is 0 Å². The number of rotatable bonds is 3. The van der Waals surface area contributed by atoms with Crippen molar-refractivity contribution >= 4 is 50.3 Å². The zero-order valence-electron chi connectivity index (χ0n) is 13.0. The third-order valence-electron chi connectivity index (χ3n) is 4.09. The Morgan fingerprint density at radius 2 is 1.29 bits per heavy atom. The Morgan fingerprint density at radius 3 is 1.71 bits per heavy atom. The van der Waals surface area contributed by atoms with Gasteiger partial charge in [0.25, 0.3) is 0 Å². The summed E-state index contributed by atoms with van der Waals surface area (Å²) in [5.41, 5.74) is 4.34. The third kappa shape index (κ3) is 3.94. The van der Waals surface area contributed by atoms with Crippen LogP contribution in [0.25, 0.3) is 12.2 Å². The van der Waals surface area contributed by atoms with Gasteiger partial charge in [0.2, 0.25) is 0 Å². The fraction of sp³-hybridized carbons (Fsp3) is 0.150. The van der Waals surface area contributed by atoms with Gasteiger partial charge in [-0.1, -0.05) is 80.4 Å². The van der Waals surface area contributed by atoms with Gasteiger partial charge in [0.1, 0.15) is 6.29 Å². The van der Waals surface area contributed by atoms with E-state index in [9.17, 15) is 4.79 Å². The molecule has 0 spiro atoms. The van der Waals surface area contributed by atoms with Crippen molar-refractivity contribution in [2.45, 2.75) is 0 Å². The maximum Gasteiger partial charge on any atom is 0.131 e. The topological polar surface area (TPSA) is 29.1 Å². The van der Waals surface area contributed by atoms with E-state index in [2.05, 4.69) is 49.3 Å². The predicted octanol–water partition coefficient (Wildman–Crippen LogP) is 5.10. The lowest BCUT2D eigenvalue weighted by atomic mass is 9.86. The number of carbonyl (C=O) groups excluding carboxylic acids is 1. The van der Waals surface area contributed by atoms with Crippen LogP contribution in [-0.4, -0.2) is 19.4 Å². The second-order valence-electron chi connectivity index (χ2n) is 5.70. The standard InChI is InChI=1S/C20H17Br2NO/c21-19-7-3-1-5-14(19)9-16-11-23-12-17(18(16)13-24)10-15-6-2-4-8-20(15)22/h1-10,13,18,23H,11-12H2. The van der Waals surface area contributed by atoms with Crippen LogP contribution in [0.4, 0.5) is 0 Å². The van der Waals surface area contributed by atoms with Gasteiger partial charge >= 0.3 is 0 Å². The van der Waals surface area contributed by atoms with Crippen LogP contribution in [0, 0.1) is 5.92 Å². The molecule has 2 aromatic rings. The highest BCUT2D eigenvalue weighted by Gasteiger charge is 2.23. The summed E-state index contributed by atoms with van der Waals surface area (Å²) in [6.45, 7) is 1.44. The lowest BCUT2D eigenvalue weighted by Gasteiger charge is -2.26. The highest BCUT2D eigenvalue weighted by atomic mass is 79.9. The molecule has 24 heavy (non-hydrogen) atoms. The molecule has 2 aromatic carbocycles. The Kier molecular flexibility index (Phi) is 5.82. The van der Waals surface area contributed by atoms with Crippen LogP contribution in [0.3, 0.4) is 0 Å². The Morgan fingerprint density at radius 1 is 0.833 bits per heavy atom. The minimum absolute atomic E-state index is 0.189. The summed E-state index contributed by atoms with van der Waals surface area (Å²) in [5, 5.41) is 3.40. The van der Waals surface area contributed by atoms with E-state index in [0.717, 1.165) is 50.6 Å². The van der Waals surface area contributed by atoms with Gasteiger partial charge in [-0.3, -0.25) is 0 Å². The first-order chi connectivity index (χ1) is 11.7. The fourth-order valence-electron chi connectivity index (χ4n) is 2.85. The molecule has 0 atom stereocenters. The summed E-state index contributed by atoms with van der Waals surface area (Å²) in [5.74, 6) is -0.189. The second-order valence-corrected chi connectivity index (χ2v) is 7.41. The van der Waals surface area contributed by atoms with Gasteiger partial charge in [0, 0.05) is 22.0 Å². The smallest absolute Gasteiger partial charge is 0.131 e. The van der Waals surface area contributed by atoms with Gasteiger partial charge in [-0.2, -0.15) is 0 Å². The van der Waals surface area contributed by atoms with Gasteiger partial charge in [0.15, 0.2) is 0 Å².